The van der Waals surface area contributed by atoms with E-state index in [4.69, 9.17) is 5.11 Å². The van der Waals surface area contributed by atoms with Crippen LogP contribution >= 0.6 is 0 Å². The number of unbranched alkanes of at least 4 members (excludes halogenated alkanes) is 5. The van der Waals surface area contributed by atoms with E-state index in [1.807, 2.05) is 18.2 Å². The highest BCUT2D eigenvalue weighted by Crippen LogP contribution is 2.34. The lowest BCUT2D eigenvalue weighted by atomic mass is 9.75. The van der Waals surface area contributed by atoms with Gasteiger partial charge < -0.3 is 15.3 Å². The van der Waals surface area contributed by atoms with Crippen LogP contribution in [0.4, 0.5) is 0 Å². The van der Waals surface area contributed by atoms with E-state index in [-0.39, 0.29) is 18.4 Å². The number of aliphatic carboxylic acids is 1. The molecule has 0 bridgehead atoms. The van der Waals surface area contributed by atoms with Crippen LogP contribution in [0.25, 0.3) is 0 Å². The molecule has 1 aliphatic carbocycles. The molecule has 0 heterocycles. The van der Waals surface area contributed by atoms with Crippen LogP contribution in [0.2, 0.25) is 0 Å². The van der Waals surface area contributed by atoms with Crippen LogP contribution in [0.3, 0.4) is 0 Å². The summed E-state index contributed by atoms with van der Waals surface area (Å²) in [5, 5.41) is 29.3. The van der Waals surface area contributed by atoms with Crippen molar-refractivity contribution in [1.82, 2.24) is 0 Å². The first-order chi connectivity index (χ1) is 13.5. The summed E-state index contributed by atoms with van der Waals surface area (Å²) in [4.78, 5) is 10.7. The molecule has 28 heavy (non-hydrogen) atoms. The molecule has 0 aromatic heterocycles. The summed E-state index contributed by atoms with van der Waals surface area (Å²) in [6.07, 6.45) is 21.0. The Labute approximate surface area is 171 Å². The van der Waals surface area contributed by atoms with Gasteiger partial charge in [-0.05, 0) is 43.9 Å². The fourth-order valence-corrected chi connectivity index (χ4v) is 4.21. The Morgan fingerprint density at radius 3 is 2.43 bits per heavy atom. The molecule has 4 nitrogen and oxygen atoms in total. The van der Waals surface area contributed by atoms with Gasteiger partial charge in [0.2, 0.25) is 0 Å². The molecular weight excluding hydrogens is 352 g/mol. The van der Waals surface area contributed by atoms with E-state index in [0.717, 1.165) is 32.1 Å². The molecule has 0 aromatic carbocycles. The summed E-state index contributed by atoms with van der Waals surface area (Å²) in [6, 6.07) is 0. The highest BCUT2D eigenvalue weighted by molar-refractivity contribution is 5.66. The zero-order valence-corrected chi connectivity index (χ0v) is 17.8. The number of carbonyl (C=O) groups is 1. The van der Waals surface area contributed by atoms with Gasteiger partial charge in [-0.3, -0.25) is 4.79 Å². The fourth-order valence-electron chi connectivity index (χ4n) is 4.21. The summed E-state index contributed by atoms with van der Waals surface area (Å²) in [5.41, 5.74) is 0. The minimum atomic E-state index is -0.794. The van der Waals surface area contributed by atoms with Gasteiger partial charge in [0.1, 0.15) is 0 Å². The third-order valence-electron chi connectivity index (χ3n) is 5.92. The molecule has 0 radical (unpaired) electrons. The lowest BCUT2D eigenvalue weighted by Crippen LogP contribution is -2.30. The second kappa shape index (κ2) is 15.8. The van der Waals surface area contributed by atoms with E-state index >= 15 is 0 Å². The first kappa shape index (κ1) is 24.9. The van der Waals surface area contributed by atoms with Crippen LogP contribution in [0, 0.1) is 11.8 Å². The molecular formula is C24H42O4. The summed E-state index contributed by atoms with van der Waals surface area (Å²) in [5.74, 6) is -0.230. The first-order valence-electron chi connectivity index (χ1n) is 11.5. The molecule has 1 rings (SSSR count). The molecule has 0 saturated heterocycles. The molecule has 162 valence electrons. The number of hydrogen-bond donors (Lipinski definition) is 3. The Kier molecular flexibility index (Phi) is 14.0. The van der Waals surface area contributed by atoms with Crippen molar-refractivity contribution >= 4 is 5.97 Å². The maximum absolute atomic E-state index is 10.7. The molecule has 0 aromatic rings. The number of carboxylic acids is 1. The highest BCUT2D eigenvalue weighted by Gasteiger charge is 2.28. The fraction of sp³-hybridized carbons (Fsp3) is 0.792. The third kappa shape index (κ3) is 11.7. The van der Waals surface area contributed by atoms with E-state index in [0.29, 0.717) is 18.8 Å². The minimum absolute atomic E-state index is 0.128. The minimum Gasteiger partial charge on any atom is -0.481 e. The Morgan fingerprint density at radius 2 is 1.68 bits per heavy atom. The molecule has 4 atom stereocenters. The predicted molar refractivity (Wildman–Crippen MR) is 115 cm³/mol. The van der Waals surface area contributed by atoms with E-state index in [2.05, 4.69) is 13.0 Å². The van der Waals surface area contributed by atoms with Gasteiger partial charge in [-0.15, -0.1) is 0 Å². The average molecular weight is 395 g/mol. The smallest absolute Gasteiger partial charge is 0.303 e. The van der Waals surface area contributed by atoms with Crippen molar-refractivity contribution < 1.29 is 20.1 Å². The first-order valence-corrected chi connectivity index (χ1v) is 11.5. The molecule has 4 heteroatoms. The van der Waals surface area contributed by atoms with Gasteiger partial charge >= 0.3 is 5.97 Å². The van der Waals surface area contributed by atoms with Crippen LogP contribution < -0.4 is 0 Å². The average Bonchev–Trinajstić information content (AvgIpc) is 2.68. The van der Waals surface area contributed by atoms with Crippen LogP contribution in [-0.2, 0) is 4.79 Å². The van der Waals surface area contributed by atoms with E-state index in [1.54, 1.807) is 0 Å². The third-order valence-corrected chi connectivity index (χ3v) is 5.92. The monoisotopic (exact) mass is 394 g/mol. The molecule has 2 unspecified atom stereocenters. The van der Waals surface area contributed by atoms with E-state index in [1.165, 1.54) is 38.5 Å². The SMILES string of the molecule is CCCCCCCCC(O)C=CC=C[C@H]1CCCC[C@H]1C(O)CCCC(=O)O. The van der Waals surface area contributed by atoms with Crippen LogP contribution in [0.5, 0.6) is 0 Å². The van der Waals surface area contributed by atoms with Crippen molar-refractivity contribution in [3.05, 3.63) is 24.3 Å². The normalized spacial score (nSPS) is 22.7. The quantitative estimate of drug-likeness (QED) is 0.248. The predicted octanol–water partition coefficient (Wildman–Crippen LogP) is 5.63. The molecule has 0 aliphatic heterocycles. The molecule has 1 fully saturated rings. The molecule has 3 N–H and O–H groups in total. The van der Waals surface area contributed by atoms with Crippen LogP contribution in [0.1, 0.15) is 96.8 Å². The molecule has 1 saturated carbocycles. The Hall–Kier alpha value is -1.13. The van der Waals surface area contributed by atoms with Gasteiger partial charge in [0.05, 0.1) is 12.2 Å². The van der Waals surface area contributed by atoms with Crippen molar-refractivity contribution in [3.63, 3.8) is 0 Å². The van der Waals surface area contributed by atoms with Gasteiger partial charge in [-0.25, -0.2) is 0 Å². The summed E-state index contributed by atoms with van der Waals surface area (Å²) in [6.45, 7) is 2.22. The standard InChI is InChI=1S/C24H42O4/c1-2-3-4-5-6-7-15-21(25)16-10-8-13-20-14-9-11-17-22(20)23(26)18-12-19-24(27)28/h8,10,13,16,20-23,25-26H,2-7,9,11-12,14-15,17-19H2,1H3,(H,27,28)/t20-,21?,22+,23?/m0/s1. The number of aliphatic hydroxyl groups excluding tert-OH is 2. The van der Waals surface area contributed by atoms with Crippen LogP contribution in [-0.4, -0.2) is 33.5 Å². The van der Waals surface area contributed by atoms with E-state index in [9.17, 15) is 15.0 Å². The number of aliphatic hydroxyl groups is 2. The van der Waals surface area contributed by atoms with Crippen molar-refractivity contribution in [2.45, 2.75) is 109 Å². The Bertz CT molecular complexity index is 458. The van der Waals surface area contributed by atoms with Gasteiger partial charge in [0, 0.05) is 6.42 Å². The lowest BCUT2D eigenvalue weighted by Gasteiger charge is -2.33. The number of allylic oxidation sites excluding steroid dienone is 3. The van der Waals surface area contributed by atoms with Crippen molar-refractivity contribution in [3.8, 4) is 0 Å². The topological polar surface area (TPSA) is 77.8 Å². The zero-order chi connectivity index (χ0) is 20.6. The van der Waals surface area contributed by atoms with Crippen LogP contribution in [0.15, 0.2) is 24.3 Å². The number of carboxylic acid groups (broad SMARTS) is 1. The van der Waals surface area contributed by atoms with Crippen molar-refractivity contribution in [2.75, 3.05) is 0 Å². The lowest BCUT2D eigenvalue weighted by molar-refractivity contribution is -0.137. The number of rotatable bonds is 15. The maximum atomic E-state index is 10.7. The summed E-state index contributed by atoms with van der Waals surface area (Å²) >= 11 is 0. The van der Waals surface area contributed by atoms with Gasteiger partial charge in [-0.2, -0.15) is 0 Å². The maximum Gasteiger partial charge on any atom is 0.303 e. The Morgan fingerprint density at radius 1 is 0.964 bits per heavy atom. The zero-order valence-electron chi connectivity index (χ0n) is 17.8. The van der Waals surface area contributed by atoms with Crippen molar-refractivity contribution in [1.29, 1.82) is 0 Å². The van der Waals surface area contributed by atoms with E-state index < -0.39 is 12.1 Å². The molecule has 0 spiro atoms. The molecule has 0 amide bonds. The van der Waals surface area contributed by atoms with Gasteiger partial charge in [0.25, 0.3) is 0 Å². The second-order valence-electron chi connectivity index (χ2n) is 8.36. The Balaban J connectivity index is 2.32. The summed E-state index contributed by atoms with van der Waals surface area (Å²) < 4.78 is 0. The highest BCUT2D eigenvalue weighted by atomic mass is 16.4. The summed E-state index contributed by atoms with van der Waals surface area (Å²) in [7, 11) is 0. The largest absolute Gasteiger partial charge is 0.481 e. The van der Waals surface area contributed by atoms with Gasteiger partial charge in [0.15, 0.2) is 0 Å². The second-order valence-corrected chi connectivity index (χ2v) is 8.36. The molecule has 1 aliphatic rings. The van der Waals surface area contributed by atoms with Crippen molar-refractivity contribution in [2.24, 2.45) is 11.8 Å². The van der Waals surface area contributed by atoms with Gasteiger partial charge in [-0.1, -0.05) is 82.6 Å². The number of hydrogen-bond acceptors (Lipinski definition) is 3.